The van der Waals surface area contributed by atoms with Crippen molar-refractivity contribution >= 4 is 34.2 Å². The van der Waals surface area contributed by atoms with Gasteiger partial charge in [-0.25, -0.2) is 9.97 Å². The number of nitrogens with zero attached hydrogens (tertiary/aromatic N) is 4. The Morgan fingerprint density at radius 1 is 1.18 bits per heavy atom. The van der Waals surface area contributed by atoms with E-state index in [0.29, 0.717) is 5.41 Å². The van der Waals surface area contributed by atoms with Gasteiger partial charge in [-0.15, -0.1) is 0 Å². The molecule has 1 saturated carbocycles. The van der Waals surface area contributed by atoms with Gasteiger partial charge in [0.2, 0.25) is 5.95 Å². The predicted octanol–water partition coefficient (Wildman–Crippen LogP) is 2.82. The Kier molecular flexibility index (Phi) is 3.38. The van der Waals surface area contributed by atoms with Crippen LogP contribution in [0, 0.1) is 8.99 Å². The van der Waals surface area contributed by atoms with Crippen LogP contribution >= 0.6 is 22.6 Å². The Hall–Kier alpha value is -0.890. The summed E-state index contributed by atoms with van der Waals surface area (Å²) >= 11 is 2.29. The smallest absolute Gasteiger partial charge is 0.211 e. The number of halogens is 1. The van der Waals surface area contributed by atoms with E-state index in [1.807, 2.05) is 18.6 Å². The van der Waals surface area contributed by atoms with Crippen LogP contribution in [0.25, 0.3) is 5.65 Å². The van der Waals surface area contributed by atoms with Crippen LogP contribution in [0.3, 0.4) is 0 Å². The molecule has 6 heteroatoms. The maximum Gasteiger partial charge on any atom is 0.211 e. The highest BCUT2D eigenvalue weighted by Crippen LogP contribution is 2.51. The van der Waals surface area contributed by atoms with Crippen molar-refractivity contribution < 1.29 is 0 Å². The van der Waals surface area contributed by atoms with Crippen LogP contribution in [0.15, 0.2) is 18.6 Å². The van der Waals surface area contributed by atoms with Crippen LogP contribution in [-0.2, 0) is 0 Å². The second-order valence-electron chi connectivity index (χ2n) is 7.07. The number of rotatable bonds is 1. The van der Waals surface area contributed by atoms with Crippen LogP contribution in [0.4, 0.5) is 5.95 Å². The topological polar surface area (TPSA) is 59.5 Å². The minimum atomic E-state index is 0.00289. The number of hydrogen-bond acceptors (Lipinski definition) is 4. The average Bonchev–Trinajstić information content (AvgIpc) is 3.08. The molecule has 0 amide bonds. The summed E-state index contributed by atoms with van der Waals surface area (Å²) in [5, 5.41) is 0. The third-order valence-electron chi connectivity index (χ3n) is 5.93. The first kappa shape index (κ1) is 14.7. The largest absolute Gasteiger partial charge is 0.342 e. The molecule has 22 heavy (non-hydrogen) atoms. The van der Waals surface area contributed by atoms with Gasteiger partial charge < -0.3 is 10.6 Å². The molecule has 2 aromatic rings. The molecule has 1 aliphatic heterocycles. The molecule has 1 saturated heterocycles. The lowest BCUT2D eigenvalue weighted by Crippen LogP contribution is -2.54. The van der Waals surface area contributed by atoms with Gasteiger partial charge in [0.1, 0.15) is 0 Å². The summed E-state index contributed by atoms with van der Waals surface area (Å²) in [7, 11) is 0. The molecule has 1 atom stereocenters. The zero-order valence-electron chi connectivity index (χ0n) is 12.9. The number of piperidine rings is 1. The van der Waals surface area contributed by atoms with Crippen LogP contribution < -0.4 is 10.6 Å². The molecule has 2 aromatic heterocycles. The average molecular weight is 411 g/mol. The quantitative estimate of drug-likeness (QED) is 0.734. The first-order chi connectivity index (χ1) is 10.5. The summed E-state index contributed by atoms with van der Waals surface area (Å²) in [5.74, 6) is 1.01. The minimum absolute atomic E-state index is 0.00289. The van der Waals surface area contributed by atoms with E-state index < -0.39 is 0 Å². The Morgan fingerprint density at radius 3 is 2.64 bits per heavy atom. The fourth-order valence-corrected chi connectivity index (χ4v) is 4.95. The monoisotopic (exact) mass is 411 g/mol. The Bertz CT molecular complexity index is 700. The molecule has 5 nitrogen and oxygen atoms in total. The second-order valence-corrected chi connectivity index (χ2v) is 8.23. The van der Waals surface area contributed by atoms with Crippen LogP contribution in [0.1, 0.15) is 39.0 Å². The predicted molar refractivity (Wildman–Crippen MR) is 96.0 cm³/mol. The highest BCUT2D eigenvalue weighted by atomic mass is 127. The summed E-state index contributed by atoms with van der Waals surface area (Å²) in [6, 6.07) is 0. The zero-order valence-corrected chi connectivity index (χ0v) is 15.1. The van der Waals surface area contributed by atoms with E-state index in [9.17, 15) is 0 Å². The molecule has 2 fully saturated rings. The van der Waals surface area contributed by atoms with Gasteiger partial charge in [0, 0.05) is 37.2 Å². The molecule has 118 valence electrons. The number of anilines is 1. The normalized spacial score (nSPS) is 27.9. The maximum absolute atomic E-state index is 6.62. The van der Waals surface area contributed by atoms with Crippen molar-refractivity contribution in [2.24, 2.45) is 11.1 Å². The third-order valence-corrected chi connectivity index (χ3v) is 6.69. The molecule has 1 unspecified atom stereocenters. The van der Waals surface area contributed by atoms with E-state index in [0.717, 1.165) is 28.3 Å². The van der Waals surface area contributed by atoms with E-state index >= 15 is 0 Å². The van der Waals surface area contributed by atoms with Crippen molar-refractivity contribution in [2.45, 2.75) is 44.6 Å². The zero-order chi connectivity index (χ0) is 15.4. The molecule has 0 radical (unpaired) electrons. The van der Waals surface area contributed by atoms with Crippen molar-refractivity contribution in [1.29, 1.82) is 0 Å². The summed E-state index contributed by atoms with van der Waals surface area (Å²) in [6.07, 6.45) is 11.9. The van der Waals surface area contributed by atoms with Crippen molar-refractivity contribution in [3.8, 4) is 0 Å². The molecule has 1 spiro atoms. The number of hydrogen-bond donors (Lipinski definition) is 1. The van der Waals surface area contributed by atoms with Gasteiger partial charge in [-0.2, -0.15) is 0 Å². The number of aromatic nitrogens is 3. The Balaban J connectivity index is 1.61. The SMILES string of the molecule is CC1(N)CCCC12CCN(c1ncc(I)c3nccn13)CC2. The number of imidazole rings is 1. The fourth-order valence-electron chi connectivity index (χ4n) is 4.41. The molecule has 0 bridgehead atoms. The van der Waals surface area contributed by atoms with Crippen molar-refractivity contribution in [3.63, 3.8) is 0 Å². The lowest BCUT2D eigenvalue weighted by Gasteiger charge is -2.47. The van der Waals surface area contributed by atoms with Gasteiger partial charge >= 0.3 is 0 Å². The molecule has 2 aliphatic rings. The number of fused-ring (bicyclic) bond motifs is 1. The summed E-state index contributed by atoms with van der Waals surface area (Å²) in [4.78, 5) is 11.5. The van der Waals surface area contributed by atoms with E-state index in [1.54, 1.807) is 0 Å². The molecule has 4 rings (SSSR count). The molecule has 3 heterocycles. The number of nitrogens with two attached hydrogens (primary N) is 1. The molecule has 2 N–H and O–H groups in total. The van der Waals surface area contributed by atoms with Crippen molar-refractivity contribution in [3.05, 3.63) is 22.2 Å². The Morgan fingerprint density at radius 2 is 1.95 bits per heavy atom. The van der Waals surface area contributed by atoms with Crippen molar-refractivity contribution in [2.75, 3.05) is 18.0 Å². The second kappa shape index (κ2) is 5.06. The maximum atomic E-state index is 6.62. The highest BCUT2D eigenvalue weighted by molar-refractivity contribution is 14.1. The summed E-state index contributed by atoms with van der Waals surface area (Å²) in [6.45, 7) is 4.33. The fraction of sp³-hybridized carbons (Fsp3) is 0.625. The first-order valence-electron chi connectivity index (χ1n) is 8.04. The lowest BCUT2D eigenvalue weighted by molar-refractivity contribution is 0.130. The van der Waals surface area contributed by atoms with Gasteiger partial charge in [0.05, 0.1) is 3.57 Å². The van der Waals surface area contributed by atoms with E-state index in [2.05, 4.69) is 48.8 Å². The van der Waals surface area contributed by atoms with Crippen LogP contribution in [-0.4, -0.2) is 33.0 Å². The third kappa shape index (κ3) is 2.06. The van der Waals surface area contributed by atoms with Gasteiger partial charge in [0.25, 0.3) is 0 Å². The lowest BCUT2D eigenvalue weighted by atomic mass is 9.67. The van der Waals surface area contributed by atoms with Crippen LogP contribution in [0.2, 0.25) is 0 Å². The van der Waals surface area contributed by atoms with Gasteiger partial charge in [-0.05, 0) is 60.6 Å². The van der Waals surface area contributed by atoms with E-state index in [-0.39, 0.29) is 5.54 Å². The first-order valence-corrected chi connectivity index (χ1v) is 9.12. The minimum Gasteiger partial charge on any atom is -0.342 e. The molecular weight excluding hydrogens is 389 g/mol. The van der Waals surface area contributed by atoms with Gasteiger partial charge in [-0.3, -0.25) is 4.40 Å². The van der Waals surface area contributed by atoms with E-state index in [4.69, 9.17) is 5.73 Å². The summed E-state index contributed by atoms with van der Waals surface area (Å²) in [5.41, 5.74) is 7.95. The van der Waals surface area contributed by atoms with Gasteiger partial charge in [-0.1, -0.05) is 6.42 Å². The highest BCUT2D eigenvalue weighted by Gasteiger charge is 2.50. The molecule has 0 aromatic carbocycles. The molecular formula is C16H22IN5. The van der Waals surface area contributed by atoms with E-state index in [1.165, 1.54) is 32.1 Å². The standard InChI is InChI=1S/C16H22IN5/c1-15(18)3-2-4-16(15)5-8-21(9-6-16)14-20-11-12(17)13-19-7-10-22(13)14/h7,10-11H,2-6,8-9,18H2,1H3. The van der Waals surface area contributed by atoms with Gasteiger partial charge in [0.15, 0.2) is 5.65 Å². The van der Waals surface area contributed by atoms with Crippen molar-refractivity contribution in [1.82, 2.24) is 14.4 Å². The Labute approximate surface area is 144 Å². The molecule has 1 aliphatic carbocycles. The summed E-state index contributed by atoms with van der Waals surface area (Å²) < 4.78 is 3.20. The van der Waals surface area contributed by atoms with Crippen LogP contribution in [0.5, 0.6) is 0 Å².